The summed E-state index contributed by atoms with van der Waals surface area (Å²) in [6, 6.07) is 6.82. The first kappa shape index (κ1) is 21.7. The number of nitro groups is 1. The summed E-state index contributed by atoms with van der Waals surface area (Å²) >= 11 is 0. The SMILES string of the molecule is COc1cc(OC)c([N+](=O)[O-])cc1/C=N\NC(=O)Cc1cccc(C(F)(F)F)c1. The molecule has 0 unspecified atom stereocenters. The average Bonchev–Trinajstić information content (AvgIpc) is 2.67. The monoisotopic (exact) mass is 411 g/mol. The fourth-order valence-electron chi connectivity index (χ4n) is 2.41. The summed E-state index contributed by atoms with van der Waals surface area (Å²) in [5.41, 5.74) is 1.32. The zero-order valence-electron chi connectivity index (χ0n) is 15.3. The van der Waals surface area contributed by atoms with E-state index in [0.717, 1.165) is 24.4 Å². The highest BCUT2D eigenvalue weighted by atomic mass is 19.4. The van der Waals surface area contributed by atoms with Crippen LogP contribution in [0.1, 0.15) is 16.7 Å². The Morgan fingerprint density at radius 2 is 1.90 bits per heavy atom. The van der Waals surface area contributed by atoms with Crippen molar-refractivity contribution in [2.75, 3.05) is 14.2 Å². The number of nitrogens with zero attached hydrogens (tertiary/aromatic N) is 2. The molecule has 0 aliphatic heterocycles. The first-order valence-electron chi connectivity index (χ1n) is 8.04. The molecule has 0 heterocycles. The third kappa shape index (κ3) is 5.67. The number of rotatable bonds is 7. The first-order chi connectivity index (χ1) is 13.7. The molecular weight excluding hydrogens is 395 g/mol. The summed E-state index contributed by atoms with van der Waals surface area (Å²) in [5, 5.41) is 14.8. The van der Waals surface area contributed by atoms with Gasteiger partial charge in [0.1, 0.15) is 5.75 Å². The Morgan fingerprint density at radius 1 is 1.21 bits per heavy atom. The summed E-state index contributed by atoms with van der Waals surface area (Å²) in [6.07, 6.45) is -3.72. The van der Waals surface area contributed by atoms with Gasteiger partial charge in [0, 0.05) is 17.7 Å². The number of hydrogen-bond donors (Lipinski definition) is 1. The van der Waals surface area contributed by atoms with Crippen molar-refractivity contribution in [3.8, 4) is 11.5 Å². The van der Waals surface area contributed by atoms with Gasteiger partial charge in [-0.2, -0.15) is 18.3 Å². The van der Waals surface area contributed by atoms with E-state index in [1.807, 2.05) is 0 Å². The van der Waals surface area contributed by atoms with E-state index >= 15 is 0 Å². The van der Waals surface area contributed by atoms with Gasteiger partial charge in [0.15, 0.2) is 0 Å². The molecule has 0 bridgehead atoms. The number of hydrogen-bond acceptors (Lipinski definition) is 6. The quantitative estimate of drug-likeness (QED) is 0.428. The van der Waals surface area contributed by atoms with Crippen molar-refractivity contribution in [1.29, 1.82) is 0 Å². The van der Waals surface area contributed by atoms with Crippen LogP contribution in [0.3, 0.4) is 0 Å². The number of carbonyl (C=O) groups is 1. The predicted octanol–water partition coefficient (Wildman–Crippen LogP) is 3.32. The molecule has 1 amide bonds. The molecule has 0 aliphatic rings. The molecule has 0 fully saturated rings. The Morgan fingerprint density at radius 3 is 2.48 bits per heavy atom. The van der Waals surface area contributed by atoms with E-state index < -0.39 is 22.6 Å². The molecule has 0 saturated carbocycles. The van der Waals surface area contributed by atoms with Crippen LogP contribution in [0.25, 0.3) is 0 Å². The minimum Gasteiger partial charge on any atom is -0.496 e. The number of nitrogens with one attached hydrogen (secondary N) is 1. The van der Waals surface area contributed by atoms with E-state index in [-0.39, 0.29) is 34.7 Å². The highest BCUT2D eigenvalue weighted by Gasteiger charge is 2.30. The third-order valence-corrected chi connectivity index (χ3v) is 3.74. The number of halogens is 3. The van der Waals surface area contributed by atoms with Gasteiger partial charge in [-0.1, -0.05) is 18.2 Å². The van der Waals surface area contributed by atoms with Crippen LogP contribution in [-0.2, 0) is 17.4 Å². The van der Waals surface area contributed by atoms with E-state index in [1.54, 1.807) is 0 Å². The van der Waals surface area contributed by atoms with E-state index in [2.05, 4.69) is 10.5 Å². The molecule has 0 aromatic heterocycles. The Kier molecular flexibility index (Phi) is 6.75. The van der Waals surface area contributed by atoms with Gasteiger partial charge in [-0.25, -0.2) is 5.43 Å². The second-order valence-corrected chi connectivity index (χ2v) is 5.69. The first-order valence-corrected chi connectivity index (χ1v) is 8.04. The number of methoxy groups -OCH3 is 2. The van der Waals surface area contributed by atoms with Crippen molar-refractivity contribution in [2.45, 2.75) is 12.6 Å². The standard InChI is InChI=1S/C18H16F3N3O5/c1-28-15-9-16(29-2)14(24(26)27)8-12(15)10-22-23-17(25)7-11-4-3-5-13(6-11)18(19,20)21/h3-6,8-10H,7H2,1-2H3,(H,23,25)/b22-10-. The van der Waals surface area contributed by atoms with Crippen molar-refractivity contribution in [3.05, 3.63) is 63.2 Å². The van der Waals surface area contributed by atoms with Crippen molar-refractivity contribution in [1.82, 2.24) is 5.43 Å². The van der Waals surface area contributed by atoms with Crippen LogP contribution in [0.15, 0.2) is 41.5 Å². The third-order valence-electron chi connectivity index (χ3n) is 3.74. The Balaban J connectivity index is 2.12. The normalized spacial score (nSPS) is 11.3. The molecule has 0 atom stereocenters. The van der Waals surface area contributed by atoms with Gasteiger partial charge in [-0.05, 0) is 11.6 Å². The largest absolute Gasteiger partial charge is 0.496 e. The van der Waals surface area contributed by atoms with E-state index in [1.165, 1.54) is 32.4 Å². The van der Waals surface area contributed by atoms with Gasteiger partial charge < -0.3 is 9.47 Å². The van der Waals surface area contributed by atoms with E-state index in [9.17, 15) is 28.1 Å². The minimum absolute atomic E-state index is 0.0161. The molecule has 0 radical (unpaired) electrons. The maximum absolute atomic E-state index is 12.7. The van der Waals surface area contributed by atoms with Gasteiger partial charge in [-0.3, -0.25) is 14.9 Å². The van der Waals surface area contributed by atoms with Gasteiger partial charge >= 0.3 is 11.9 Å². The number of carbonyl (C=O) groups excluding carboxylic acids is 1. The Hall–Kier alpha value is -3.63. The average molecular weight is 411 g/mol. The molecule has 2 aromatic rings. The van der Waals surface area contributed by atoms with Crippen LogP contribution in [0.5, 0.6) is 11.5 Å². The van der Waals surface area contributed by atoms with Crippen LogP contribution < -0.4 is 14.9 Å². The molecule has 8 nitrogen and oxygen atoms in total. The molecule has 2 aromatic carbocycles. The molecule has 2 rings (SSSR count). The summed E-state index contributed by atoms with van der Waals surface area (Å²) in [5.74, 6) is -0.469. The fraction of sp³-hybridized carbons (Fsp3) is 0.222. The zero-order valence-corrected chi connectivity index (χ0v) is 15.3. The molecular formula is C18H16F3N3O5. The molecule has 1 N–H and O–H groups in total. The van der Waals surface area contributed by atoms with Gasteiger partial charge in [0.2, 0.25) is 11.7 Å². The van der Waals surface area contributed by atoms with Crippen LogP contribution >= 0.6 is 0 Å². The van der Waals surface area contributed by atoms with Gasteiger partial charge in [0.25, 0.3) is 0 Å². The van der Waals surface area contributed by atoms with E-state index in [4.69, 9.17) is 9.47 Å². The van der Waals surface area contributed by atoms with Crippen LogP contribution in [-0.4, -0.2) is 31.3 Å². The summed E-state index contributed by atoms with van der Waals surface area (Å²) < 4.78 is 48.2. The number of nitro benzene ring substituents is 1. The number of ether oxygens (including phenoxy) is 2. The molecule has 29 heavy (non-hydrogen) atoms. The summed E-state index contributed by atoms with van der Waals surface area (Å²) in [4.78, 5) is 22.4. The maximum Gasteiger partial charge on any atom is 0.416 e. The fourth-order valence-corrected chi connectivity index (χ4v) is 2.41. The molecule has 0 saturated heterocycles. The number of benzene rings is 2. The van der Waals surface area contributed by atoms with Gasteiger partial charge in [0.05, 0.1) is 37.3 Å². The lowest BCUT2D eigenvalue weighted by Gasteiger charge is -2.09. The van der Waals surface area contributed by atoms with Crippen molar-refractivity contribution < 1.29 is 32.4 Å². The summed E-state index contributed by atoms with van der Waals surface area (Å²) in [7, 11) is 2.60. The highest BCUT2D eigenvalue weighted by molar-refractivity contribution is 5.87. The van der Waals surface area contributed by atoms with Crippen LogP contribution in [0, 0.1) is 10.1 Å². The smallest absolute Gasteiger partial charge is 0.416 e. The number of hydrazone groups is 1. The van der Waals surface area contributed by atoms with Gasteiger partial charge in [-0.15, -0.1) is 0 Å². The summed E-state index contributed by atoms with van der Waals surface area (Å²) in [6.45, 7) is 0. The zero-order chi connectivity index (χ0) is 21.6. The topological polar surface area (TPSA) is 103 Å². The molecule has 11 heteroatoms. The minimum atomic E-state index is -4.51. The lowest BCUT2D eigenvalue weighted by molar-refractivity contribution is -0.385. The maximum atomic E-state index is 12.7. The lowest BCUT2D eigenvalue weighted by atomic mass is 10.1. The molecule has 154 valence electrons. The second-order valence-electron chi connectivity index (χ2n) is 5.69. The predicted molar refractivity (Wildman–Crippen MR) is 97.1 cm³/mol. The number of amides is 1. The van der Waals surface area contributed by atoms with Crippen LogP contribution in [0.4, 0.5) is 18.9 Å². The van der Waals surface area contributed by atoms with Crippen molar-refractivity contribution in [2.24, 2.45) is 5.10 Å². The van der Waals surface area contributed by atoms with E-state index in [0.29, 0.717) is 0 Å². The lowest BCUT2D eigenvalue weighted by Crippen LogP contribution is -2.20. The Labute approximate surface area is 163 Å². The van der Waals surface area contributed by atoms with Crippen molar-refractivity contribution >= 4 is 17.8 Å². The van der Waals surface area contributed by atoms with Crippen molar-refractivity contribution in [3.63, 3.8) is 0 Å². The molecule has 0 spiro atoms. The highest BCUT2D eigenvalue weighted by Crippen LogP contribution is 2.33. The van der Waals surface area contributed by atoms with Crippen LogP contribution in [0.2, 0.25) is 0 Å². The number of alkyl halides is 3. The Bertz CT molecular complexity index is 945. The second kappa shape index (κ2) is 9.04. The molecule has 0 aliphatic carbocycles.